The first-order chi connectivity index (χ1) is 38.5. The summed E-state index contributed by atoms with van der Waals surface area (Å²) < 4.78 is 5.02. The quantitative estimate of drug-likeness (QED) is 0.0597. The fourth-order valence-electron chi connectivity index (χ4n) is 14.1. The first-order valence-electron chi connectivity index (χ1n) is 29.0. The number of fused-ring (bicyclic) bond motifs is 2. The molecule has 2 heterocycles. The van der Waals surface area contributed by atoms with Gasteiger partial charge in [-0.3, -0.25) is 0 Å². The molecule has 398 valence electrons. The molecule has 0 radical (unpaired) electrons. The Morgan fingerprint density at radius 2 is 0.910 bits per heavy atom. The second-order valence-electron chi connectivity index (χ2n) is 22.7. The molecule has 4 N–H and O–H groups in total. The van der Waals surface area contributed by atoms with Gasteiger partial charge in [-0.1, -0.05) is 202 Å². The zero-order valence-electron chi connectivity index (χ0n) is 44.9. The van der Waals surface area contributed by atoms with Crippen molar-refractivity contribution in [1.29, 1.82) is 0 Å². The molecule has 0 spiro atoms. The van der Waals surface area contributed by atoms with E-state index in [1.54, 1.807) is 0 Å². The lowest BCUT2D eigenvalue weighted by atomic mass is 9.74. The summed E-state index contributed by atoms with van der Waals surface area (Å²) in [5.74, 6) is 1.25. The molecule has 0 bridgehead atoms. The molecule has 0 amide bonds. The number of nitrogens with zero attached hydrogens (tertiary/aromatic N) is 4. The molecule has 4 unspecified atom stereocenters. The molecule has 4 atom stereocenters. The van der Waals surface area contributed by atoms with E-state index in [2.05, 4.69) is 219 Å². The highest BCUT2D eigenvalue weighted by molar-refractivity contribution is 7.80. The molecule has 2 fully saturated rings. The van der Waals surface area contributed by atoms with Gasteiger partial charge in [-0.25, -0.2) is 9.97 Å². The average molecular weight is 1070 g/mol. The molecule has 2 saturated carbocycles. The Labute approximate surface area is 472 Å². The second-order valence-corrected chi connectivity index (χ2v) is 23.5. The van der Waals surface area contributed by atoms with Crippen molar-refractivity contribution < 1.29 is 0 Å². The molecule has 12 rings (SSSR count). The van der Waals surface area contributed by atoms with Crippen LogP contribution in [0.15, 0.2) is 189 Å². The van der Waals surface area contributed by atoms with Gasteiger partial charge in [-0.2, -0.15) is 0 Å². The summed E-state index contributed by atoms with van der Waals surface area (Å²) in [5.41, 5.74) is 12.6. The Balaban J connectivity index is 0.751. The predicted octanol–water partition coefficient (Wildman–Crippen LogP) is 13.0. The van der Waals surface area contributed by atoms with Crippen LogP contribution < -0.4 is 21.3 Å². The molecule has 0 aliphatic heterocycles. The van der Waals surface area contributed by atoms with Gasteiger partial charge in [0.1, 0.15) is 11.1 Å². The van der Waals surface area contributed by atoms with E-state index in [-0.39, 0.29) is 6.04 Å². The molecule has 6 aromatic carbocycles. The van der Waals surface area contributed by atoms with Crippen LogP contribution in [0.2, 0.25) is 0 Å². The molecule has 8 nitrogen and oxygen atoms in total. The summed E-state index contributed by atoms with van der Waals surface area (Å²) in [6.45, 7) is 1.67. The van der Waals surface area contributed by atoms with Gasteiger partial charge in [0.15, 0.2) is 10.2 Å². The van der Waals surface area contributed by atoms with E-state index in [1.807, 2.05) is 0 Å². The number of nitrogens with one attached hydrogen (secondary N) is 4. The molecule has 4 aliphatic carbocycles. The molecular weight excluding hydrogens is 993 g/mol. The summed E-state index contributed by atoms with van der Waals surface area (Å²) in [6.07, 6.45) is 20.9. The van der Waals surface area contributed by atoms with Crippen LogP contribution >= 0.6 is 24.4 Å². The van der Waals surface area contributed by atoms with Crippen LogP contribution in [-0.2, 0) is 36.8 Å². The summed E-state index contributed by atoms with van der Waals surface area (Å²) in [7, 11) is 0. The summed E-state index contributed by atoms with van der Waals surface area (Å²) in [6, 6.07) is 65.4. The Bertz CT molecular complexity index is 3120. The Kier molecular flexibility index (Phi) is 15.7. The Hall–Kier alpha value is -6.88. The van der Waals surface area contributed by atoms with Crippen LogP contribution in [0.4, 0.5) is 0 Å². The van der Waals surface area contributed by atoms with Crippen molar-refractivity contribution in [2.75, 3.05) is 13.1 Å². The smallest absolute Gasteiger partial charge is 0.166 e. The highest BCUT2D eigenvalue weighted by Gasteiger charge is 2.43. The minimum absolute atomic E-state index is 0.285. The molecule has 4 aliphatic rings. The third-order valence-electron chi connectivity index (χ3n) is 18.0. The number of aryl methyl sites for hydroxylation is 1. The van der Waals surface area contributed by atoms with Crippen molar-refractivity contribution in [2.24, 2.45) is 11.8 Å². The lowest BCUT2D eigenvalue weighted by Gasteiger charge is -2.40. The first-order valence-corrected chi connectivity index (χ1v) is 29.9. The SMILES string of the molecule is S=C(NCC1CCc2ncn(C(c3ccccc3)(c3ccccc3)c3cccc(C4CCCC(NC(=S)NCC5CCc6c(ncn6C(c6ccccc6)(c6ccccc6)c6ccccc6)C5)C4)c3)c2C1)NC1CCCCC1. The van der Waals surface area contributed by atoms with Crippen LogP contribution in [0.25, 0.3) is 0 Å². The maximum Gasteiger partial charge on any atom is 0.166 e. The third kappa shape index (κ3) is 10.5. The minimum Gasteiger partial charge on any atom is -0.362 e. The van der Waals surface area contributed by atoms with Gasteiger partial charge in [-0.05, 0) is 152 Å². The largest absolute Gasteiger partial charge is 0.362 e. The van der Waals surface area contributed by atoms with Crippen molar-refractivity contribution in [2.45, 2.75) is 125 Å². The molecular formula is C68H74N8S2. The number of benzene rings is 6. The zero-order chi connectivity index (χ0) is 52.7. The van der Waals surface area contributed by atoms with Crippen molar-refractivity contribution in [3.8, 4) is 0 Å². The maximum atomic E-state index is 6.13. The van der Waals surface area contributed by atoms with Crippen molar-refractivity contribution in [3.63, 3.8) is 0 Å². The number of thiocarbonyl (C=S) groups is 2. The monoisotopic (exact) mass is 1070 g/mol. The van der Waals surface area contributed by atoms with E-state index in [0.29, 0.717) is 23.8 Å². The van der Waals surface area contributed by atoms with Crippen molar-refractivity contribution in [3.05, 3.63) is 250 Å². The zero-order valence-corrected chi connectivity index (χ0v) is 46.5. The van der Waals surface area contributed by atoms with E-state index in [9.17, 15) is 0 Å². The lowest BCUT2D eigenvalue weighted by molar-refractivity contribution is 0.367. The van der Waals surface area contributed by atoms with Gasteiger partial charge >= 0.3 is 0 Å². The van der Waals surface area contributed by atoms with Crippen LogP contribution in [0.5, 0.6) is 0 Å². The summed E-state index contributed by atoms with van der Waals surface area (Å²) in [4.78, 5) is 10.4. The fourth-order valence-corrected chi connectivity index (χ4v) is 14.6. The van der Waals surface area contributed by atoms with Crippen LogP contribution in [0, 0.1) is 11.8 Å². The summed E-state index contributed by atoms with van der Waals surface area (Å²) in [5, 5.41) is 16.4. The van der Waals surface area contributed by atoms with Gasteiger partial charge in [-0.15, -0.1) is 0 Å². The minimum atomic E-state index is -0.642. The maximum absolute atomic E-state index is 6.13. The molecule has 78 heavy (non-hydrogen) atoms. The molecule has 8 aromatic rings. The predicted molar refractivity (Wildman–Crippen MR) is 324 cm³/mol. The average Bonchev–Trinajstić information content (AvgIpc) is 4.31. The van der Waals surface area contributed by atoms with E-state index in [1.165, 1.54) is 93.8 Å². The highest BCUT2D eigenvalue weighted by Crippen LogP contribution is 2.46. The Morgan fingerprint density at radius 1 is 0.449 bits per heavy atom. The van der Waals surface area contributed by atoms with Gasteiger partial charge in [0.2, 0.25) is 0 Å². The van der Waals surface area contributed by atoms with Gasteiger partial charge in [0, 0.05) is 36.6 Å². The van der Waals surface area contributed by atoms with Crippen LogP contribution in [0.1, 0.15) is 138 Å². The fraction of sp³-hybridized carbons (Fsp3) is 0.353. The van der Waals surface area contributed by atoms with E-state index >= 15 is 0 Å². The number of imidazole rings is 2. The van der Waals surface area contributed by atoms with Crippen molar-refractivity contribution >= 4 is 34.7 Å². The standard InChI is InChI=1S/C68H74N8S2/c77-65(73-59-34-17-6-18-35-59)70-46-50-37-39-61-64(42-50)76(47-71-61)68(56-29-13-4-14-30-56,57-31-15-5-16-32-57)58-33-19-21-51(43-58)52-22-20-36-60(44-52)74-66(78)69-45-49-38-40-63-62(41-49)72-48-75(63)67(53-23-7-1-8-24-53,54-25-9-2-10-26-54)55-27-11-3-12-28-55/h1-5,7-16,19,21,23-33,43,47-50,52,59-60H,6,17-18,20,22,34-42,44-46H2,(H2,69,74,78)(H2,70,73,77). The summed E-state index contributed by atoms with van der Waals surface area (Å²) >= 11 is 12.0. The third-order valence-corrected chi connectivity index (χ3v) is 18.5. The van der Waals surface area contributed by atoms with Crippen LogP contribution in [0.3, 0.4) is 0 Å². The van der Waals surface area contributed by atoms with Gasteiger partial charge < -0.3 is 30.4 Å². The molecule has 10 heteroatoms. The van der Waals surface area contributed by atoms with E-state index < -0.39 is 11.1 Å². The number of hydrogen-bond acceptors (Lipinski definition) is 4. The number of aromatic nitrogens is 4. The Morgan fingerprint density at radius 3 is 1.47 bits per heavy atom. The lowest BCUT2D eigenvalue weighted by Crippen LogP contribution is -2.45. The normalized spacial score (nSPS) is 19.7. The van der Waals surface area contributed by atoms with E-state index in [4.69, 9.17) is 34.4 Å². The van der Waals surface area contributed by atoms with Crippen LogP contribution in [-0.4, -0.2) is 54.5 Å². The van der Waals surface area contributed by atoms with Gasteiger partial charge in [0.25, 0.3) is 0 Å². The first kappa shape index (κ1) is 51.9. The topological polar surface area (TPSA) is 83.8 Å². The van der Waals surface area contributed by atoms with Crippen molar-refractivity contribution in [1.82, 2.24) is 40.4 Å². The van der Waals surface area contributed by atoms with Gasteiger partial charge in [0.05, 0.1) is 24.0 Å². The molecule has 0 saturated heterocycles. The highest BCUT2D eigenvalue weighted by atomic mass is 32.1. The van der Waals surface area contributed by atoms with E-state index in [0.717, 1.165) is 87.5 Å². The second kappa shape index (κ2) is 23.6. The number of rotatable bonds is 15. The number of hydrogen-bond donors (Lipinski definition) is 4. The molecule has 2 aromatic heterocycles.